The minimum Gasteiger partial charge on any atom is -0.493 e. The summed E-state index contributed by atoms with van der Waals surface area (Å²) in [6.07, 6.45) is 2.07. The number of aryl methyl sites for hydroxylation is 2. The van der Waals surface area contributed by atoms with E-state index in [1.165, 1.54) is 11.1 Å². The second-order valence-electron chi connectivity index (χ2n) is 6.10. The molecule has 0 aliphatic carbocycles. The zero-order chi connectivity index (χ0) is 16.0. The summed E-state index contributed by atoms with van der Waals surface area (Å²) in [6, 6.07) is 4.17. The SMILES string of the molecule is CCCOc1cc(C)c(C(C)CC(O)C(N)CC)cc1C. The lowest BCUT2D eigenvalue weighted by Crippen LogP contribution is -2.34. The minimum atomic E-state index is -0.444. The van der Waals surface area contributed by atoms with Crippen LogP contribution in [0.1, 0.15) is 62.6 Å². The molecule has 3 atom stereocenters. The quantitative estimate of drug-likeness (QED) is 0.768. The van der Waals surface area contributed by atoms with Gasteiger partial charge in [-0.15, -0.1) is 0 Å². The molecule has 0 saturated heterocycles. The van der Waals surface area contributed by atoms with Crippen molar-refractivity contribution in [3.05, 3.63) is 28.8 Å². The van der Waals surface area contributed by atoms with E-state index in [9.17, 15) is 5.11 Å². The molecule has 1 rings (SSSR count). The van der Waals surface area contributed by atoms with Crippen molar-refractivity contribution >= 4 is 0 Å². The van der Waals surface area contributed by atoms with E-state index >= 15 is 0 Å². The van der Waals surface area contributed by atoms with Crippen LogP contribution >= 0.6 is 0 Å². The van der Waals surface area contributed by atoms with Crippen molar-refractivity contribution in [1.29, 1.82) is 0 Å². The summed E-state index contributed by atoms with van der Waals surface area (Å²) in [5.41, 5.74) is 9.57. The van der Waals surface area contributed by atoms with Gasteiger partial charge in [-0.05, 0) is 61.8 Å². The topological polar surface area (TPSA) is 55.5 Å². The van der Waals surface area contributed by atoms with Crippen LogP contribution in [0.2, 0.25) is 0 Å². The molecule has 3 heteroatoms. The number of hydrogen-bond donors (Lipinski definition) is 2. The first-order valence-corrected chi connectivity index (χ1v) is 8.08. The van der Waals surface area contributed by atoms with E-state index < -0.39 is 6.10 Å². The molecule has 21 heavy (non-hydrogen) atoms. The van der Waals surface area contributed by atoms with Crippen LogP contribution in [-0.2, 0) is 0 Å². The molecule has 0 radical (unpaired) electrons. The number of benzene rings is 1. The van der Waals surface area contributed by atoms with Crippen LogP contribution < -0.4 is 10.5 Å². The molecule has 0 saturated carbocycles. The highest BCUT2D eigenvalue weighted by Gasteiger charge is 2.19. The van der Waals surface area contributed by atoms with Crippen LogP contribution in [0.3, 0.4) is 0 Å². The summed E-state index contributed by atoms with van der Waals surface area (Å²) < 4.78 is 5.77. The minimum absolute atomic E-state index is 0.138. The van der Waals surface area contributed by atoms with E-state index in [-0.39, 0.29) is 12.0 Å². The number of rotatable bonds is 8. The van der Waals surface area contributed by atoms with Gasteiger partial charge in [-0.3, -0.25) is 0 Å². The fraction of sp³-hybridized carbons (Fsp3) is 0.667. The van der Waals surface area contributed by atoms with Gasteiger partial charge >= 0.3 is 0 Å². The van der Waals surface area contributed by atoms with Crippen LogP contribution in [0.5, 0.6) is 5.75 Å². The Kier molecular flexibility index (Phi) is 7.20. The Bertz CT molecular complexity index is 445. The van der Waals surface area contributed by atoms with E-state index in [1.54, 1.807) is 0 Å². The Labute approximate surface area is 129 Å². The second-order valence-corrected chi connectivity index (χ2v) is 6.10. The average Bonchev–Trinajstić information content (AvgIpc) is 2.46. The molecule has 0 heterocycles. The monoisotopic (exact) mass is 293 g/mol. The third-order valence-corrected chi connectivity index (χ3v) is 4.12. The molecule has 3 nitrogen and oxygen atoms in total. The van der Waals surface area contributed by atoms with Crippen LogP contribution in [-0.4, -0.2) is 23.9 Å². The maximum Gasteiger partial charge on any atom is 0.122 e. The highest BCUT2D eigenvalue weighted by atomic mass is 16.5. The van der Waals surface area contributed by atoms with Gasteiger partial charge < -0.3 is 15.6 Å². The van der Waals surface area contributed by atoms with Gasteiger partial charge in [0, 0.05) is 6.04 Å². The lowest BCUT2D eigenvalue weighted by Gasteiger charge is -2.23. The maximum absolute atomic E-state index is 10.1. The molecular formula is C18H31NO2. The summed E-state index contributed by atoms with van der Waals surface area (Å²) in [7, 11) is 0. The first-order chi connectivity index (χ1) is 9.90. The first-order valence-electron chi connectivity index (χ1n) is 8.08. The molecule has 1 aromatic rings. The van der Waals surface area contributed by atoms with Gasteiger partial charge in [0.15, 0.2) is 0 Å². The van der Waals surface area contributed by atoms with Gasteiger partial charge in [0.05, 0.1) is 12.7 Å². The summed E-state index contributed by atoms with van der Waals surface area (Å²) >= 11 is 0. The van der Waals surface area contributed by atoms with Crippen molar-refractivity contribution in [3.63, 3.8) is 0 Å². The predicted molar refractivity (Wildman–Crippen MR) is 89.0 cm³/mol. The van der Waals surface area contributed by atoms with Gasteiger partial charge in [0.1, 0.15) is 5.75 Å². The Morgan fingerprint density at radius 1 is 1.19 bits per heavy atom. The Morgan fingerprint density at radius 2 is 1.86 bits per heavy atom. The van der Waals surface area contributed by atoms with Gasteiger partial charge in [-0.25, -0.2) is 0 Å². The highest BCUT2D eigenvalue weighted by Crippen LogP contribution is 2.30. The third-order valence-electron chi connectivity index (χ3n) is 4.12. The van der Waals surface area contributed by atoms with Crippen LogP contribution in [0.4, 0.5) is 0 Å². The molecule has 120 valence electrons. The summed E-state index contributed by atoms with van der Waals surface area (Å²) in [6.45, 7) is 11.2. The number of hydrogen-bond acceptors (Lipinski definition) is 3. The van der Waals surface area contributed by atoms with Gasteiger partial charge in [0.25, 0.3) is 0 Å². The fourth-order valence-corrected chi connectivity index (χ4v) is 2.65. The largest absolute Gasteiger partial charge is 0.493 e. The van der Waals surface area contributed by atoms with E-state index in [2.05, 4.69) is 39.8 Å². The second kappa shape index (κ2) is 8.40. The first kappa shape index (κ1) is 18.0. The number of ether oxygens (including phenoxy) is 1. The molecule has 0 aliphatic heterocycles. The lowest BCUT2D eigenvalue weighted by atomic mass is 9.88. The standard InChI is InChI=1S/C18H31NO2/c1-6-8-21-18-11-13(4)15(9-14(18)5)12(3)10-17(20)16(19)7-2/h9,11-12,16-17,20H,6-8,10,19H2,1-5H3. The molecule has 0 bridgehead atoms. The van der Waals surface area contributed by atoms with Crippen LogP contribution in [0, 0.1) is 13.8 Å². The summed E-state index contributed by atoms with van der Waals surface area (Å²) in [5, 5.41) is 10.1. The smallest absolute Gasteiger partial charge is 0.122 e. The Morgan fingerprint density at radius 3 is 2.43 bits per heavy atom. The molecule has 0 aromatic heterocycles. The zero-order valence-corrected chi connectivity index (χ0v) is 14.1. The zero-order valence-electron chi connectivity index (χ0n) is 14.1. The summed E-state index contributed by atoms with van der Waals surface area (Å²) in [5.74, 6) is 1.26. The van der Waals surface area contributed by atoms with Crippen molar-refractivity contribution < 1.29 is 9.84 Å². The number of nitrogens with two attached hydrogens (primary N) is 1. The van der Waals surface area contributed by atoms with E-state index in [1.807, 2.05) is 6.92 Å². The number of aliphatic hydroxyl groups excluding tert-OH is 1. The fourth-order valence-electron chi connectivity index (χ4n) is 2.65. The maximum atomic E-state index is 10.1. The highest BCUT2D eigenvalue weighted by molar-refractivity contribution is 5.43. The molecule has 0 spiro atoms. The van der Waals surface area contributed by atoms with Crippen molar-refractivity contribution in [3.8, 4) is 5.75 Å². The lowest BCUT2D eigenvalue weighted by molar-refractivity contribution is 0.126. The third kappa shape index (κ3) is 5.01. The Hall–Kier alpha value is -1.06. The predicted octanol–water partition coefficient (Wildman–Crippen LogP) is 3.68. The van der Waals surface area contributed by atoms with Gasteiger partial charge in [-0.2, -0.15) is 0 Å². The van der Waals surface area contributed by atoms with Gasteiger partial charge in [0.2, 0.25) is 0 Å². The molecule has 0 amide bonds. The molecule has 3 unspecified atom stereocenters. The normalized spacial score (nSPS) is 15.6. The van der Waals surface area contributed by atoms with Crippen molar-refractivity contribution in [1.82, 2.24) is 0 Å². The molecular weight excluding hydrogens is 262 g/mol. The van der Waals surface area contributed by atoms with E-state index in [0.29, 0.717) is 6.42 Å². The average molecular weight is 293 g/mol. The van der Waals surface area contributed by atoms with Crippen molar-refractivity contribution in [2.45, 2.75) is 71.9 Å². The summed E-state index contributed by atoms with van der Waals surface area (Å²) in [4.78, 5) is 0. The van der Waals surface area contributed by atoms with Gasteiger partial charge in [-0.1, -0.05) is 26.8 Å². The number of aliphatic hydroxyl groups is 1. The van der Waals surface area contributed by atoms with Crippen LogP contribution in [0.15, 0.2) is 12.1 Å². The van der Waals surface area contributed by atoms with E-state index in [0.717, 1.165) is 30.8 Å². The molecule has 0 aliphatic rings. The van der Waals surface area contributed by atoms with Crippen LogP contribution in [0.25, 0.3) is 0 Å². The van der Waals surface area contributed by atoms with Crippen molar-refractivity contribution in [2.24, 2.45) is 5.73 Å². The molecule has 0 fully saturated rings. The molecule has 1 aromatic carbocycles. The Balaban J connectivity index is 2.85. The van der Waals surface area contributed by atoms with E-state index in [4.69, 9.17) is 10.5 Å². The molecule has 3 N–H and O–H groups in total. The van der Waals surface area contributed by atoms with Crippen molar-refractivity contribution in [2.75, 3.05) is 6.61 Å².